The first-order valence-electron chi connectivity index (χ1n) is 6.47. The Hall–Kier alpha value is -2.66. The third-order valence-corrected chi connectivity index (χ3v) is 5.33. The van der Waals surface area contributed by atoms with E-state index in [0.29, 0.717) is 22.6 Å². The number of aliphatic hydroxyl groups is 1. The largest absolute Gasteiger partial charge is 0.503 e. The van der Waals surface area contributed by atoms with Crippen molar-refractivity contribution in [3.05, 3.63) is 30.0 Å². The van der Waals surface area contributed by atoms with Crippen LogP contribution in [0.25, 0.3) is 10.2 Å². The summed E-state index contributed by atoms with van der Waals surface area (Å²) in [5.74, 6) is -3.76. The maximum Gasteiger partial charge on any atom is 0.332 e. The third kappa shape index (κ3) is 4.00. The number of aliphatic hydroxyl groups excluding tert-OH is 1. The van der Waals surface area contributed by atoms with E-state index in [1.54, 1.807) is 29.8 Å². The number of rotatable bonds is 6. The minimum atomic E-state index is -4.35. The monoisotopic (exact) mass is 372 g/mol. The summed E-state index contributed by atoms with van der Waals surface area (Å²) in [7, 11) is -4.35. The highest BCUT2D eigenvalue weighted by Crippen LogP contribution is 2.28. The Morgan fingerprint density at radius 2 is 2.08 bits per heavy atom. The van der Waals surface area contributed by atoms with Crippen LogP contribution >= 0.6 is 11.3 Å². The molecule has 0 fully saturated rings. The fourth-order valence-corrected chi connectivity index (χ4v) is 3.87. The lowest BCUT2D eigenvalue weighted by Crippen LogP contribution is -2.31. The summed E-state index contributed by atoms with van der Waals surface area (Å²) in [6.07, 6.45) is 0.178. The molecule has 0 spiro atoms. The minimum absolute atomic E-state index is 0.178. The number of aliphatic carboxylic acids is 1. The number of nitrogens with one attached hydrogen (secondary N) is 1. The molecular weight excluding hydrogens is 360 g/mol. The number of carbonyl (C=O) groups is 2. The van der Waals surface area contributed by atoms with Crippen molar-refractivity contribution in [3.8, 4) is 5.75 Å². The third-order valence-electron chi connectivity index (χ3n) is 2.60. The van der Waals surface area contributed by atoms with Crippen LogP contribution in [-0.2, 0) is 19.6 Å². The van der Waals surface area contributed by atoms with Crippen molar-refractivity contribution < 1.29 is 33.0 Å². The summed E-state index contributed by atoms with van der Waals surface area (Å²) in [5, 5.41) is 17.6. The predicted octanol–water partition coefficient (Wildman–Crippen LogP) is 1.03. The van der Waals surface area contributed by atoms with Crippen LogP contribution in [-0.4, -0.2) is 42.1 Å². The smallest absolute Gasteiger partial charge is 0.332 e. The maximum absolute atomic E-state index is 12.1. The lowest BCUT2D eigenvalue weighted by atomic mass is 10.3. The number of carboxylic acids is 1. The van der Waals surface area contributed by atoms with E-state index in [1.807, 2.05) is 0 Å². The SMILES string of the molecule is CCOc1ccc2nc(S(=O)(=O)NC(=O)/C(O)=C/C(=O)O)sc2c1. The second-order valence-corrected chi connectivity index (χ2v) is 7.23. The fourth-order valence-electron chi connectivity index (χ4n) is 1.66. The number of carboxylic acid groups (broad SMARTS) is 1. The number of thiazole rings is 1. The van der Waals surface area contributed by atoms with Crippen molar-refractivity contribution >= 4 is 43.5 Å². The van der Waals surface area contributed by atoms with Gasteiger partial charge in [0.15, 0.2) is 5.76 Å². The molecule has 2 aromatic rings. The van der Waals surface area contributed by atoms with Crippen LogP contribution in [0.15, 0.2) is 34.4 Å². The van der Waals surface area contributed by atoms with Gasteiger partial charge in [-0.25, -0.2) is 14.5 Å². The van der Waals surface area contributed by atoms with Crippen molar-refractivity contribution in [3.63, 3.8) is 0 Å². The molecule has 0 saturated carbocycles. The van der Waals surface area contributed by atoms with Crippen LogP contribution in [0, 0.1) is 0 Å². The molecule has 0 atom stereocenters. The summed E-state index contributed by atoms with van der Waals surface area (Å²) in [4.78, 5) is 25.8. The standard InChI is InChI=1S/C13H12N2O7S2/c1-2-22-7-3-4-8-10(5-7)23-13(14-8)24(20,21)15-12(19)9(16)6-11(17)18/h3-6,16H,2H2,1H3,(H,15,19)(H,17,18)/b9-6-. The second-order valence-electron chi connectivity index (χ2n) is 4.34. The molecule has 0 radical (unpaired) electrons. The average molecular weight is 372 g/mol. The van der Waals surface area contributed by atoms with E-state index in [-0.39, 0.29) is 6.08 Å². The molecule has 2 rings (SSSR count). The number of ether oxygens (including phenoxy) is 1. The number of fused-ring (bicyclic) bond motifs is 1. The highest BCUT2D eigenvalue weighted by Gasteiger charge is 2.24. The van der Waals surface area contributed by atoms with Gasteiger partial charge in [-0.1, -0.05) is 0 Å². The molecule has 0 aliphatic carbocycles. The lowest BCUT2D eigenvalue weighted by Gasteiger charge is -2.02. The van der Waals surface area contributed by atoms with Crippen LogP contribution in [0.1, 0.15) is 6.92 Å². The van der Waals surface area contributed by atoms with Crippen molar-refractivity contribution in [2.75, 3.05) is 6.61 Å². The summed E-state index contributed by atoms with van der Waals surface area (Å²) in [6, 6.07) is 4.81. The first-order valence-corrected chi connectivity index (χ1v) is 8.77. The van der Waals surface area contributed by atoms with E-state index in [1.165, 1.54) is 0 Å². The van der Waals surface area contributed by atoms with Gasteiger partial charge in [-0.3, -0.25) is 4.79 Å². The van der Waals surface area contributed by atoms with E-state index in [9.17, 15) is 23.1 Å². The molecule has 11 heteroatoms. The maximum atomic E-state index is 12.1. The van der Waals surface area contributed by atoms with Gasteiger partial charge in [-0.15, -0.1) is 11.3 Å². The molecule has 0 bridgehead atoms. The summed E-state index contributed by atoms with van der Waals surface area (Å²) < 4.78 is 31.2. The van der Waals surface area contributed by atoms with E-state index in [4.69, 9.17) is 9.84 Å². The Balaban J connectivity index is 2.30. The molecule has 0 aliphatic rings. The highest BCUT2D eigenvalue weighted by molar-refractivity contribution is 7.92. The number of carbonyl (C=O) groups excluding carboxylic acids is 1. The predicted molar refractivity (Wildman–Crippen MR) is 84.5 cm³/mol. The zero-order valence-corrected chi connectivity index (χ0v) is 13.8. The van der Waals surface area contributed by atoms with Gasteiger partial charge in [0.1, 0.15) is 5.75 Å². The molecule has 24 heavy (non-hydrogen) atoms. The zero-order valence-electron chi connectivity index (χ0n) is 12.2. The van der Waals surface area contributed by atoms with Gasteiger partial charge >= 0.3 is 5.97 Å². The van der Waals surface area contributed by atoms with Gasteiger partial charge in [0.25, 0.3) is 15.9 Å². The van der Waals surface area contributed by atoms with Gasteiger partial charge in [0.05, 0.1) is 22.9 Å². The van der Waals surface area contributed by atoms with Crippen molar-refractivity contribution in [1.29, 1.82) is 0 Å². The molecule has 3 N–H and O–H groups in total. The van der Waals surface area contributed by atoms with Gasteiger partial charge in [0.2, 0.25) is 4.34 Å². The van der Waals surface area contributed by atoms with Gasteiger partial charge < -0.3 is 14.9 Å². The first-order chi connectivity index (χ1) is 11.2. The highest BCUT2D eigenvalue weighted by atomic mass is 32.2. The van der Waals surface area contributed by atoms with E-state index < -0.39 is 32.0 Å². The number of sulfonamides is 1. The van der Waals surface area contributed by atoms with Crippen molar-refractivity contribution in [2.24, 2.45) is 0 Å². The molecule has 1 aromatic carbocycles. The number of hydrogen-bond acceptors (Lipinski definition) is 8. The minimum Gasteiger partial charge on any atom is -0.503 e. The number of benzene rings is 1. The molecule has 0 saturated heterocycles. The van der Waals surface area contributed by atoms with Crippen molar-refractivity contribution in [1.82, 2.24) is 9.71 Å². The topological polar surface area (TPSA) is 143 Å². The molecule has 0 aliphatic heterocycles. The normalized spacial score (nSPS) is 12.1. The fraction of sp³-hybridized carbons (Fsp3) is 0.154. The average Bonchev–Trinajstić information content (AvgIpc) is 2.90. The van der Waals surface area contributed by atoms with Gasteiger partial charge in [-0.2, -0.15) is 8.42 Å². The number of hydrogen-bond donors (Lipinski definition) is 3. The molecule has 128 valence electrons. The Morgan fingerprint density at radius 1 is 1.38 bits per heavy atom. The molecular formula is C13H12N2O7S2. The molecule has 9 nitrogen and oxygen atoms in total. The Kier molecular flexibility index (Phi) is 5.04. The van der Waals surface area contributed by atoms with Crippen LogP contribution in [0.4, 0.5) is 0 Å². The number of aromatic nitrogens is 1. The summed E-state index contributed by atoms with van der Waals surface area (Å²) >= 11 is 0.801. The number of amides is 1. The molecule has 0 unspecified atom stereocenters. The first kappa shape index (κ1) is 17.7. The van der Waals surface area contributed by atoms with E-state index in [0.717, 1.165) is 11.3 Å². The number of nitrogens with zero attached hydrogens (tertiary/aromatic N) is 1. The van der Waals surface area contributed by atoms with Crippen LogP contribution in [0.5, 0.6) is 5.75 Å². The quantitative estimate of drug-likeness (QED) is 0.504. The molecule has 1 aromatic heterocycles. The van der Waals surface area contributed by atoms with Gasteiger partial charge in [-0.05, 0) is 25.1 Å². The van der Waals surface area contributed by atoms with Crippen LogP contribution in [0.2, 0.25) is 0 Å². The van der Waals surface area contributed by atoms with Crippen LogP contribution in [0.3, 0.4) is 0 Å². The Labute approximate surface area is 140 Å². The van der Waals surface area contributed by atoms with Crippen molar-refractivity contribution in [2.45, 2.75) is 11.3 Å². The summed E-state index contributed by atoms with van der Waals surface area (Å²) in [6.45, 7) is 2.25. The van der Waals surface area contributed by atoms with Gasteiger partial charge in [0, 0.05) is 0 Å². The zero-order chi connectivity index (χ0) is 17.9. The Morgan fingerprint density at radius 3 is 2.71 bits per heavy atom. The Bertz CT molecular complexity index is 931. The van der Waals surface area contributed by atoms with Crippen LogP contribution < -0.4 is 9.46 Å². The summed E-state index contributed by atoms with van der Waals surface area (Å²) in [5.41, 5.74) is 0.390. The molecule has 1 amide bonds. The van der Waals surface area contributed by atoms with E-state index in [2.05, 4.69) is 4.98 Å². The van der Waals surface area contributed by atoms with E-state index >= 15 is 0 Å². The molecule has 1 heterocycles. The second kappa shape index (κ2) is 6.84. The lowest BCUT2D eigenvalue weighted by molar-refractivity contribution is -0.132.